The fourth-order valence-electron chi connectivity index (χ4n) is 2.43. The highest BCUT2D eigenvalue weighted by molar-refractivity contribution is 5.70. The van der Waals surface area contributed by atoms with E-state index in [9.17, 15) is 18.8 Å². The second kappa shape index (κ2) is 4.83. The van der Waals surface area contributed by atoms with Gasteiger partial charge in [0.05, 0.1) is 6.54 Å². The molecule has 0 amide bonds. The molecule has 8 heteroatoms. The third-order valence-corrected chi connectivity index (χ3v) is 3.67. The Morgan fingerprint density at radius 2 is 1.77 bits per heavy atom. The standard InChI is InChI=1S/C14H13FN4O3/c1-17-11-10(12(20)18(2)14(17)22)19(13(21)16-11)7-8-5-3-4-6-9(8)15/h3-6H,7H2,1-2H3,(H,16,21). The molecule has 0 radical (unpaired) electrons. The lowest BCUT2D eigenvalue weighted by Crippen LogP contribution is -2.37. The molecule has 0 fully saturated rings. The second-order valence-corrected chi connectivity index (χ2v) is 5.01. The molecule has 0 aliphatic heterocycles. The lowest BCUT2D eigenvalue weighted by Gasteiger charge is -2.07. The van der Waals surface area contributed by atoms with Crippen LogP contribution in [0, 0.1) is 5.82 Å². The largest absolute Gasteiger partial charge is 0.332 e. The van der Waals surface area contributed by atoms with Gasteiger partial charge in [-0.1, -0.05) is 18.2 Å². The Morgan fingerprint density at radius 3 is 2.45 bits per heavy atom. The summed E-state index contributed by atoms with van der Waals surface area (Å²) in [6.07, 6.45) is 0. The highest BCUT2D eigenvalue weighted by Crippen LogP contribution is 2.10. The molecule has 114 valence electrons. The number of benzene rings is 1. The highest BCUT2D eigenvalue weighted by Gasteiger charge is 2.17. The lowest BCUT2D eigenvalue weighted by molar-refractivity contribution is 0.598. The number of fused-ring (bicyclic) bond motifs is 1. The lowest BCUT2D eigenvalue weighted by atomic mass is 10.2. The third-order valence-electron chi connectivity index (χ3n) is 3.67. The van der Waals surface area contributed by atoms with Crippen molar-refractivity contribution in [1.29, 1.82) is 0 Å². The molecule has 1 N–H and O–H groups in total. The molecule has 0 aliphatic carbocycles. The van der Waals surface area contributed by atoms with E-state index in [0.717, 1.165) is 9.13 Å². The number of hydrogen-bond donors (Lipinski definition) is 1. The molecule has 0 bridgehead atoms. The number of rotatable bonds is 2. The topological polar surface area (TPSA) is 81.8 Å². The molecule has 0 unspecified atom stereocenters. The van der Waals surface area contributed by atoms with E-state index in [1.807, 2.05) is 0 Å². The molecule has 0 atom stereocenters. The van der Waals surface area contributed by atoms with Gasteiger partial charge in [-0.2, -0.15) is 0 Å². The Morgan fingerprint density at radius 1 is 1.09 bits per heavy atom. The van der Waals surface area contributed by atoms with Crippen molar-refractivity contribution < 1.29 is 4.39 Å². The Kier molecular flexibility index (Phi) is 3.09. The average molecular weight is 304 g/mol. The van der Waals surface area contributed by atoms with Crippen LogP contribution < -0.4 is 16.9 Å². The molecule has 2 heterocycles. The van der Waals surface area contributed by atoms with Gasteiger partial charge in [-0.25, -0.2) is 14.0 Å². The van der Waals surface area contributed by atoms with E-state index in [1.54, 1.807) is 12.1 Å². The minimum Gasteiger partial charge on any atom is -0.291 e. The van der Waals surface area contributed by atoms with Gasteiger partial charge in [0.1, 0.15) is 11.5 Å². The van der Waals surface area contributed by atoms with Crippen molar-refractivity contribution in [3.8, 4) is 0 Å². The van der Waals surface area contributed by atoms with Crippen LogP contribution in [0.3, 0.4) is 0 Å². The predicted molar refractivity (Wildman–Crippen MR) is 78.5 cm³/mol. The zero-order valence-corrected chi connectivity index (χ0v) is 12.0. The molecule has 7 nitrogen and oxygen atoms in total. The SMILES string of the molecule is Cn1c(=O)c2c([nH]c(=O)n2Cc2ccccc2F)n(C)c1=O. The van der Waals surface area contributed by atoms with Gasteiger partial charge in [-0.05, 0) is 6.07 Å². The summed E-state index contributed by atoms with van der Waals surface area (Å²) in [6.45, 7) is -0.0983. The number of nitrogens with zero attached hydrogens (tertiary/aromatic N) is 3. The van der Waals surface area contributed by atoms with E-state index >= 15 is 0 Å². The number of hydrogen-bond acceptors (Lipinski definition) is 3. The fraction of sp³-hybridized carbons (Fsp3) is 0.214. The number of H-pyrrole nitrogens is 1. The summed E-state index contributed by atoms with van der Waals surface area (Å²) in [5.74, 6) is -0.467. The van der Waals surface area contributed by atoms with Crippen LogP contribution in [0.15, 0.2) is 38.6 Å². The van der Waals surface area contributed by atoms with Crippen molar-refractivity contribution in [3.63, 3.8) is 0 Å². The molecular formula is C14H13FN4O3. The van der Waals surface area contributed by atoms with Crippen LogP contribution >= 0.6 is 0 Å². The summed E-state index contributed by atoms with van der Waals surface area (Å²) in [7, 11) is 2.78. The van der Waals surface area contributed by atoms with Crippen molar-refractivity contribution in [2.75, 3.05) is 0 Å². The van der Waals surface area contributed by atoms with Crippen molar-refractivity contribution in [2.24, 2.45) is 14.1 Å². The number of imidazole rings is 1. The van der Waals surface area contributed by atoms with Gasteiger partial charge in [0, 0.05) is 19.7 Å². The maximum atomic E-state index is 13.8. The Bertz CT molecular complexity index is 1050. The summed E-state index contributed by atoms with van der Waals surface area (Å²) in [5, 5.41) is 0. The van der Waals surface area contributed by atoms with Crippen LogP contribution in [0.1, 0.15) is 5.56 Å². The minimum absolute atomic E-state index is 0.0397. The van der Waals surface area contributed by atoms with Crippen LogP contribution in [0.2, 0.25) is 0 Å². The van der Waals surface area contributed by atoms with Crippen molar-refractivity contribution in [2.45, 2.75) is 6.54 Å². The van der Waals surface area contributed by atoms with Gasteiger partial charge < -0.3 is 0 Å². The van der Waals surface area contributed by atoms with Crippen LogP contribution in [0.5, 0.6) is 0 Å². The average Bonchev–Trinajstić information content (AvgIpc) is 2.82. The maximum absolute atomic E-state index is 13.8. The Labute approximate surface area is 122 Å². The number of halogens is 1. The number of aromatic nitrogens is 4. The van der Waals surface area contributed by atoms with Crippen LogP contribution in [0.4, 0.5) is 4.39 Å². The van der Waals surface area contributed by atoms with E-state index < -0.39 is 22.8 Å². The first-order valence-corrected chi connectivity index (χ1v) is 6.53. The minimum atomic E-state index is -0.604. The first-order chi connectivity index (χ1) is 10.4. The molecule has 3 rings (SSSR count). The molecule has 22 heavy (non-hydrogen) atoms. The normalized spacial score (nSPS) is 11.2. The highest BCUT2D eigenvalue weighted by atomic mass is 19.1. The van der Waals surface area contributed by atoms with Crippen LogP contribution in [-0.4, -0.2) is 18.7 Å². The van der Waals surface area contributed by atoms with Crippen molar-refractivity contribution >= 4 is 11.2 Å². The summed E-state index contributed by atoms with van der Waals surface area (Å²) < 4.78 is 17.0. The summed E-state index contributed by atoms with van der Waals surface area (Å²) in [4.78, 5) is 38.7. The van der Waals surface area contributed by atoms with Crippen molar-refractivity contribution in [1.82, 2.24) is 18.7 Å². The number of aromatic amines is 1. The van der Waals surface area contributed by atoms with Crippen LogP contribution in [0.25, 0.3) is 11.2 Å². The molecule has 2 aromatic heterocycles. The summed E-state index contributed by atoms with van der Waals surface area (Å²) in [5.41, 5.74) is -1.28. The molecule has 0 spiro atoms. The Hall–Kier alpha value is -2.90. The molecule has 0 saturated heterocycles. The van der Waals surface area contributed by atoms with E-state index in [1.165, 1.54) is 30.8 Å². The zero-order valence-electron chi connectivity index (χ0n) is 12.0. The van der Waals surface area contributed by atoms with Crippen LogP contribution in [-0.2, 0) is 20.6 Å². The quantitative estimate of drug-likeness (QED) is 0.718. The molecule has 0 saturated carbocycles. The van der Waals surface area contributed by atoms with Gasteiger partial charge in [-0.15, -0.1) is 0 Å². The second-order valence-electron chi connectivity index (χ2n) is 5.01. The maximum Gasteiger partial charge on any atom is 0.332 e. The summed E-state index contributed by atoms with van der Waals surface area (Å²) >= 11 is 0. The van der Waals surface area contributed by atoms with E-state index in [-0.39, 0.29) is 23.3 Å². The van der Waals surface area contributed by atoms with Gasteiger partial charge >= 0.3 is 11.4 Å². The fourth-order valence-corrected chi connectivity index (χ4v) is 2.43. The molecule has 1 aromatic carbocycles. The van der Waals surface area contributed by atoms with E-state index in [0.29, 0.717) is 0 Å². The van der Waals surface area contributed by atoms with Gasteiger partial charge in [0.15, 0.2) is 5.52 Å². The Balaban J connectivity index is 2.34. The first-order valence-electron chi connectivity index (χ1n) is 6.53. The first kappa shape index (κ1) is 14.1. The predicted octanol–water partition coefficient (Wildman–Crippen LogP) is -0.0856. The van der Waals surface area contributed by atoms with Crippen molar-refractivity contribution in [3.05, 3.63) is 67.0 Å². The smallest absolute Gasteiger partial charge is 0.291 e. The van der Waals surface area contributed by atoms with E-state index in [4.69, 9.17) is 0 Å². The molecule has 3 aromatic rings. The van der Waals surface area contributed by atoms with Gasteiger partial charge in [0.25, 0.3) is 5.56 Å². The number of aryl methyl sites for hydroxylation is 1. The number of nitrogens with one attached hydrogen (secondary N) is 1. The monoisotopic (exact) mass is 304 g/mol. The summed E-state index contributed by atoms with van der Waals surface area (Å²) in [6, 6.07) is 6.00. The molecular weight excluding hydrogens is 291 g/mol. The molecule has 0 aliphatic rings. The van der Waals surface area contributed by atoms with Gasteiger partial charge in [-0.3, -0.25) is 23.5 Å². The van der Waals surface area contributed by atoms with Gasteiger partial charge in [0.2, 0.25) is 0 Å². The van der Waals surface area contributed by atoms with E-state index in [2.05, 4.69) is 4.98 Å². The third kappa shape index (κ3) is 1.92. The zero-order chi connectivity index (χ0) is 16.0.